The first-order valence-corrected chi connectivity index (χ1v) is 45.8. The highest BCUT2D eigenvalue weighted by Gasteiger charge is 2.30. The van der Waals surface area contributed by atoms with E-state index >= 15 is 0 Å². The van der Waals surface area contributed by atoms with Crippen LogP contribution in [0.2, 0.25) is 0 Å². The predicted molar refractivity (Wildman–Crippen MR) is 414 cm³/mol. The number of esters is 4. The van der Waals surface area contributed by atoms with Crippen molar-refractivity contribution < 1.29 is 80.2 Å². The van der Waals surface area contributed by atoms with Crippen LogP contribution < -0.4 is 0 Å². The van der Waals surface area contributed by atoms with Gasteiger partial charge in [-0.15, -0.1) is 0 Å². The first-order chi connectivity index (χ1) is 49.2. The van der Waals surface area contributed by atoms with E-state index in [1.54, 1.807) is 0 Å². The van der Waals surface area contributed by atoms with E-state index in [-0.39, 0.29) is 25.7 Å². The molecule has 5 atom stereocenters. The Kier molecular flexibility index (Phi) is 74.8. The molecule has 0 amide bonds. The summed E-state index contributed by atoms with van der Waals surface area (Å²) in [6.07, 6.45) is 69.4. The lowest BCUT2D eigenvalue weighted by Crippen LogP contribution is -2.30. The Hall–Kier alpha value is -1.94. The van der Waals surface area contributed by atoms with Crippen molar-refractivity contribution in [3.8, 4) is 0 Å². The third-order valence-corrected chi connectivity index (χ3v) is 21.3. The largest absolute Gasteiger partial charge is 0.472 e. The van der Waals surface area contributed by atoms with Crippen molar-refractivity contribution in [3.05, 3.63) is 0 Å². The van der Waals surface area contributed by atoms with Crippen molar-refractivity contribution in [2.75, 3.05) is 39.6 Å². The molecule has 0 saturated heterocycles. The molecule has 0 spiro atoms. The highest BCUT2D eigenvalue weighted by molar-refractivity contribution is 7.47. The summed E-state index contributed by atoms with van der Waals surface area (Å²) in [6, 6.07) is 0. The maximum atomic E-state index is 13.1. The molecule has 0 radical (unpaired) electrons. The van der Waals surface area contributed by atoms with Gasteiger partial charge in [-0.05, 0) is 25.7 Å². The van der Waals surface area contributed by atoms with Crippen molar-refractivity contribution in [2.45, 2.75) is 463 Å². The van der Waals surface area contributed by atoms with Crippen LogP contribution in [0.1, 0.15) is 445 Å². The molecule has 101 heavy (non-hydrogen) atoms. The Labute approximate surface area is 619 Å². The van der Waals surface area contributed by atoms with Gasteiger partial charge in [0.2, 0.25) is 0 Å². The number of carbonyl (C=O) groups excluding carboxylic acids is 4. The van der Waals surface area contributed by atoms with Crippen molar-refractivity contribution in [1.82, 2.24) is 0 Å². The second-order valence-electron chi connectivity index (χ2n) is 29.5. The van der Waals surface area contributed by atoms with Gasteiger partial charge in [-0.3, -0.25) is 37.3 Å². The molecule has 3 N–H and O–H groups in total. The Morgan fingerprint density at radius 3 is 0.584 bits per heavy atom. The lowest BCUT2D eigenvalue weighted by Gasteiger charge is -2.21. The lowest BCUT2D eigenvalue weighted by molar-refractivity contribution is -0.161. The summed E-state index contributed by atoms with van der Waals surface area (Å²) in [5.41, 5.74) is 0. The second-order valence-corrected chi connectivity index (χ2v) is 32.4. The van der Waals surface area contributed by atoms with E-state index in [9.17, 15) is 43.2 Å². The van der Waals surface area contributed by atoms with Crippen LogP contribution >= 0.6 is 15.6 Å². The van der Waals surface area contributed by atoms with E-state index in [4.69, 9.17) is 37.0 Å². The van der Waals surface area contributed by atoms with Crippen molar-refractivity contribution in [1.29, 1.82) is 0 Å². The third-order valence-electron chi connectivity index (χ3n) is 19.4. The van der Waals surface area contributed by atoms with Crippen molar-refractivity contribution >= 4 is 39.5 Å². The summed E-state index contributed by atoms with van der Waals surface area (Å²) >= 11 is 0. The number of aliphatic hydroxyl groups is 1. The summed E-state index contributed by atoms with van der Waals surface area (Å²) < 4.78 is 68.7. The predicted octanol–water partition coefficient (Wildman–Crippen LogP) is 25.0. The van der Waals surface area contributed by atoms with Crippen LogP contribution in [0.25, 0.3) is 0 Å². The van der Waals surface area contributed by atoms with E-state index in [0.717, 1.165) is 89.9 Å². The second kappa shape index (κ2) is 76.3. The van der Waals surface area contributed by atoms with Crippen LogP contribution in [-0.4, -0.2) is 96.7 Å². The van der Waals surface area contributed by atoms with E-state index in [1.165, 1.54) is 276 Å². The molecule has 0 aromatic rings. The smallest absolute Gasteiger partial charge is 0.462 e. The summed E-state index contributed by atoms with van der Waals surface area (Å²) in [5.74, 6) is -2.10. The Morgan fingerprint density at radius 1 is 0.238 bits per heavy atom. The molecule has 0 aliphatic heterocycles. The van der Waals surface area contributed by atoms with E-state index in [1.807, 2.05) is 0 Å². The first kappa shape index (κ1) is 99.1. The first-order valence-electron chi connectivity index (χ1n) is 42.8. The molecular weight excluding hydrogens is 1320 g/mol. The molecule has 2 unspecified atom stereocenters. The average molecular weight is 1480 g/mol. The molecule has 0 heterocycles. The fraction of sp³-hybridized carbons (Fsp3) is 0.951. The van der Waals surface area contributed by atoms with Gasteiger partial charge in [0.1, 0.15) is 19.3 Å². The number of hydrogen-bond acceptors (Lipinski definition) is 15. The van der Waals surface area contributed by atoms with E-state index in [2.05, 4.69) is 27.7 Å². The van der Waals surface area contributed by atoms with Crippen molar-refractivity contribution in [3.63, 3.8) is 0 Å². The highest BCUT2D eigenvalue weighted by atomic mass is 31.2. The lowest BCUT2D eigenvalue weighted by atomic mass is 10.0. The molecular formula is C82H160O17P2. The molecule has 19 heteroatoms. The molecule has 0 aliphatic rings. The quantitative estimate of drug-likeness (QED) is 0.0222. The van der Waals surface area contributed by atoms with Crippen LogP contribution in [0.3, 0.4) is 0 Å². The van der Waals surface area contributed by atoms with Crippen LogP contribution in [-0.2, 0) is 65.4 Å². The van der Waals surface area contributed by atoms with Gasteiger partial charge < -0.3 is 33.8 Å². The number of aliphatic hydroxyl groups excluding tert-OH is 1. The zero-order valence-corrected chi connectivity index (χ0v) is 67.7. The molecule has 0 saturated carbocycles. The molecule has 0 aromatic heterocycles. The van der Waals surface area contributed by atoms with Gasteiger partial charge in [0, 0.05) is 25.7 Å². The van der Waals surface area contributed by atoms with Gasteiger partial charge in [-0.1, -0.05) is 394 Å². The average Bonchev–Trinajstić information content (AvgIpc) is 0.979. The third kappa shape index (κ3) is 76.1. The van der Waals surface area contributed by atoms with Crippen LogP contribution in [0, 0.1) is 0 Å². The Morgan fingerprint density at radius 2 is 0.396 bits per heavy atom. The fourth-order valence-electron chi connectivity index (χ4n) is 12.8. The number of rotatable bonds is 83. The van der Waals surface area contributed by atoms with Gasteiger partial charge in [0.15, 0.2) is 12.2 Å². The van der Waals surface area contributed by atoms with Crippen LogP contribution in [0.5, 0.6) is 0 Å². The topological polar surface area (TPSA) is 237 Å². The number of unbranched alkanes of at least 4 members (excludes halogenated alkanes) is 57. The maximum Gasteiger partial charge on any atom is 0.472 e. The van der Waals surface area contributed by atoms with Gasteiger partial charge >= 0.3 is 39.5 Å². The van der Waals surface area contributed by atoms with Gasteiger partial charge in [0.05, 0.1) is 26.4 Å². The SMILES string of the molecule is CCCCCCCCCCCCCCCCCCCCCCCCC(=O)O[C@H](COC(=O)CCCCCCCCCCCCCCCCC)COP(=O)(O)OC[C@@H](O)COP(=O)(O)OC[C@@H](COC(=O)CCCCCCCCCCC)OC(=O)CCCCCCCCCCCCCCCCC. The standard InChI is InChI=1S/C82H160O17P2/c1-5-9-13-17-21-25-28-31-34-35-36-37-38-39-40-43-46-49-53-57-61-65-69-82(87)99-78(73-93-80(85)67-63-59-55-51-47-44-41-32-29-26-22-18-14-10-6-2)75-97-101(90,91)95-71-76(83)70-94-100(88,89)96-74-77(72-92-79(84)66-62-58-54-50-24-20-16-12-8-4)98-81(86)68-64-60-56-52-48-45-42-33-30-27-23-19-15-11-7-3/h76-78,83H,5-75H2,1-4H3,(H,88,89)(H,90,91)/t76-,77+,78+/m0/s1. The maximum absolute atomic E-state index is 13.1. The van der Waals surface area contributed by atoms with E-state index in [0.29, 0.717) is 25.7 Å². The summed E-state index contributed by atoms with van der Waals surface area (Å²) in [6.45, 7) is 5.02. The van der Waals surface area contributed by atoms with Gasteiger partial charge in [0.25, 0.3) is 0 Å². The molecule has 0 bridgehead atoms. The normalized spacial score (nSPS) is 13.8. The fourth-order valence-corrected chi connectivity index (χ4v) is 14.4. The van der Waals surface area contributed by atoms with E-state index < -0.39 is 97.5 Å². The minimum Gasteiger partial charge on any atom is -0.462 e. The molecule has 0 aromatic carbocycles. The highest BCUT2D eigenvalue weighted by Crippen LogP contribution is 2.45. The zero-order chi connectivity index (χ0) is 73.9. The number of hydrogen-bond donors (Lipinski definition) is 3. The number of phosphoric acid groups is 2. The molecule has 17 nitrogen and oxygen atoms in total. The van der Waals surface area contributed by atoms with Crippen LogP contribution in [0.15, 0.2) is 0 Å². The van der Waals surface area contributed by atoms with Crippen LogP contribution in [0.4, 0.5) is 0 Å². The molecule has 0 aliphatic carbocycles. The Balaban J connectivity index is 5.19. The Bertz CT molecular complexity index is 1910. The number of ether oxygens (including phenoxy) is 4. The van der Waals surface area contributed by atoms with Gasteiger partial charge in [-0.25, -0.2) is 9.13 Å². The number of carbonyl (C=O) groups is 4. The zero-order valence-electron chi connectivity index (χ0n) is 65.9. The summed E-state index contributed by atoms with van der Waals surface area (Å²) in [7, 11) is -9.92. The monoisotopic (exact) mass is 1480 g/mol. The molecule has 600 valence electrons. The molecule has 0 rings (SSSR count). The number of phosphoric ester groups is 2. The minimum atomic E-state index is -4.96. The minimum absolute atomic E-state index is 0.109. The van der Waals surface area contributed by atoms with Crippen molar-refractivity contribution in [2.24, 2.45) is 0 Å². The summed E-state index contributed by atoms with van der Waals surface area (Å²) in [4.78, 5) is 73.0. The summed E-state index contributed by atoms with van der Waals surface area (Å²) in [5, 5.41) is 10.6. The van der Waals surface area contributed by atoms with Gasteiger partial charge in [-0.2, -0.15) is 0 Å². The molecule has 0 fully saturated rings.